The monoisotopic (exact) mass is 320 g/mol. The summed E-state index contributed by atoms with van der Waals surface area (Å²) in [5.74, 6) is -0.0429. The van der Waals surface area contributed by atoms with Crippen molar-refractivity contribution in [3.05, 3.63) is 29.8 Å². The van der Waals surface area contributed by atoms with Gasteiger partial charge in [-0.05, 0) is 23.8 Å². The maximum atomic E-state index is 11.7. The van der Waals surface area contributed by atoms with Crippen LogP contribution in [0, 0.1) is 11.8 Å². The van der Waals surface area contributed by atoms with E-state index in [4.69, 9.17) is 14.2 Å². The molecule has 0 atom stereocenters. The lowest BCUT2D eigenvalue weighted by atomic mass is 10.2. The summed E-state index contributed by atoms with van der Waals surface area (Å²) in [6, 6.07) is 5.23. The van der Waals surface area contributed by atoms with E-state index >= 15 is 0 Å². The Morgan fingerprint density at radius 1 is 1.04 bits per heavy atom. The number of carbonyl (C=O) groups excluding carboxylic acids is 2. The van der Waals surface area contributed by atoms with Crippen LogP contribution in [0.2, 0.25) is 0 Å². The average Bonchev–Trinajstić information content (AvgIpc) is 2.51. The summed E-state index contributed by atoms with van der Waals surface area (Å²) < 4.78 is 15.6. The molecule has 126 valence electrons. The number of methoxy groups -OCH3 is 1. The van der Waals surface area contributed by atoms with E-state index < -0.39 is 0 Å². The van der Waals surface area contributed by atoms with Gasteiger partial charge in [0.25, 0.3) is 0 Å². The van der Waals surface area contributed by atoms with Crippen LogP contribution in [0.1, 0.15) is 33.3 Å². The van der Waals surface area contributed by atoms with Crippen molar-refractivity contribution in [2.75, 3.05) is 13.7 Å². The molecule has 0 bridgehead atoms. The van der Waals surface area contributed by atoms with Crippen molar-refractivity contribution in [3.63, 3.8) is 0 Å². The maximum Gasteiger partial charge on any atom is 0.313 e. The Morgan fingerprint density at radius 3 is 2.26 bits per heavy atom. The minimum absolute atomic E-state index is 0.140. The van der Waals surface area contributed by atoms with E-state index in [0.717, 1.165) is 5.56 Å². The van der Waals surface area contributed by atoms with Crippen molar-refractivity contribution in [1.29, 1.82) is 0 Å². The molecule has 0 N–H and O–H groups in total. The molecule has 0 aliphatic heterocycles. The van der Waals surface area contributed by atoms with Gasteiger partial charge < -0.3 is 14.2 Å². The van der Waals surface area contributed by atoms with Crippen LogP contribution in [-0.2, 0) is 14.3 Å². The number of hydrogen-bond donors (Lipinski definition) is 0. The zero-order valence-corrected chi connectivity index (χ0v) is 14.3. The van der Waals surface area contributed by atoms with E-state index in [1.807, 2.05) is 6.08 Å². The van der Waals surface area contributed by atoms with Gasteiger partial charge in [0, 0.05) is 0 Å². The van der Waals surface area contributed by atoms with Crippen LogP contribution in [-0.4, -0.2) is 25.7 Å². The Bertz CT molecular complexity index is 573. The molecule has 0 unspecified atom stereocenters. The minimum Gasteiger partial charge on any atom is -0.493 e. The van der Waals surface area contributed by atoms with Gasteiger partial charge in [0.15, 0.2) is 11.5 Å². The summed E-state index contributed by atoms with van der Waals surface area (Å²) >= 11 is 0. The number of ether oxygens (including phenoxy) is 3. The SMILES string of the molecule is COc1cc(/C=C/COC(=O)C(C)C)ccc1OC(=O)C(C)C. The zero-order valence-electron chi connectivity index (χ0n) is 14.3. The highest BCUT2D eigenvalue weighted by Crippen LogP contribution is 2.29. The van der Waals surface area contributed by atoms with Gasteiger partial charge in [-0.15, -0.1) is 0 Å². The molecule has 1 aromatic carbocycles. The molecule has 0 saturated carbocycles. The largest absolute Gasteiger partial charge is 0.493 e. The lowest BCUT2D eigenvalue weighted by Crippen LogP contribution is -2.15. The van der Waals surface area contributed by atoms with Gasteiger partial charge in [0.2, 0.25) is 0 Å². The molecule has 23 heavy (non-hydrogen) atoms. The number of esters is 2. The Balaban J connectivity index is 2.71. The molecule has 0 spiro atoms. The molecule has 0 radical (unpaired) electrons. The summed E-state index contributed by atoms with van der Waals surface area (Å²) in [6.07, 6.45) is 3.55. The summed E-state index contributed by atoms with van der Waals surface area (Å²) in [4.78, 5) is 23.0. The minimum atomic E-state index is -0.313. The first-order chi connectivity index (χ1) is 10.8. The fourth-order valence-electron chi connectivity index (χ4n) is 1.58. The molecular formula is C18H24O5. The molecule has 0 aliphatic carbocycles. The summed E-state index contributed by atoms with van der Waals surface area (Å²) in [7, 11) is 1.51. The van der Waals surface area contributed by atoms with Crippen LogP contribution in [0.5, 0.6) is 11.5 Å². The number of benzene rings is 1. The van der Waals surface area contributed by atoms with Crippen LogP contribution < -0.4 is 9.47 Å². The normalized spacial score (nSPS) is 11.1. The first-order valence-electron chi connectivity index (χ1n) is 7.58. The molecule has 5 heteroatoms. The van der Waals surface area contributed by atoms with Crippen molar-refractivity contribution < 1.29 is 23.8 Å². The topological polar surface area (TPSA) is 61.8 Å². The Hall–Kier alpha value is -2.30. The smallest absolute Gasteiger partial charge is 0.313 e. The summed E-state index contributed by atoms with van der Waals surface area (Å²) in [5, 5.41) is 0. The Labute approximate surface area is 137 Å². The van der Waals surface area contributed by atoms with Crippen LogP contribution in [0.25, 0.3) is 6.08 Å². The summed E-state index contributed by atoms with van der Waals surface area (Å²) in [5.41, 5.74) is 0.854. The van der Waals surface area contributed by atoms with E-state index in [1.165, 1.54) is 7.11 Å². The highest BCUT2D eigenvalue weighted by atomic mass is 16.6. The third-order valence-electron chi connectivity index (χ3n) is 2.97. The standard InChI is InChI=1S/C18H24O5/c1-12(2)17(19)22-10-6-7-14-8-9-15(16(11-14)21-5)23-18(20)13(3)4/h6-9,11-13H,10H2,1-5H3/b7-6+. The molecule has 0 aromatic heterocycles. The van der Waals surface area contributed by atoms with Gasteiger partial charge in [-0.1, -0.05) is 39.8 Å². The lowest BCUT2D eigenvalue weighted by molar-refractivity contribution is -0.146. The Kier molecular flexibility index (Phi) is 7.32. The second-order valence-electron chi connectivity index (χ2n) is 5.67. The maximum absolute atomic E-state index is 11.7. The molecular weight excluding hydrogens is 296 g/mol. The third-order valence-corrected chi connectivity index (χ3v) is 2.97. The second-order valence-corrected chi connectivity index (χ2v) is 5.67. The highest BCUT2D eigenvalue weighted by molar-refractivity contribution is 5.75. The van der Waals surface area contributed by atoms with Crippen molar-refractivity contribution in [2.45, 2.75) is 27.7 Å². The molecule has 1 rings (SSSR count). The van der Waals surface area contributed by atoms with Gasteiger partial charge >= 0.3 is 11.9 Å². The fourth-order valence-corrected chi connectivity index (χ4v) is 1.58. The first-order valence-corrected chi connectivity index (χ1v) is 7.58. The molecule has 0 fully saturated rings. The van der Waals surface area contributed by atoms with Gasteiger partial charge in [0.1, 0.15) is 6.61 Å². The third kappa shape index (κ3) is 6.14. The molecule has 0 aliphatic rings. The lowest BCUT2D eigenvalue weighted by Gasteiger charge is -2.11. The molecule has 1 aromatic rings. The van der Waals surface area contributed by atoms with Crippen molar-refractivity contribution in [3.8, 4) is 11.5 Å². The Morgan fingerprint density at radius 2 is 1.70 bits per heavy atom. The van der Waals surface area contributed by atoms with E-state index in [9.17, 15) is 9.59 Å². The van der Waals surface area contributed by atoms with Gasteiger partial charge in [-0.25, -0.2) is 0 Å². The quantitative estimate of drug-likeness (QED) is 0.568. The molecule has 0 amide bonds. The second kappa shape index (κ2) is 8.98. The molecule has 0 saturated heterocycles. The highest BCUT2D eigenvalue weighted by Gasteiger charge is 2.13. The molecule has 5 nitrogen and oxygen atoms in total. The van der Waals surface area contributed by atoms with Crippen molar-refractivity contribution in [1.82, 2.24) is 0 Å². The van der Waals surface area contributed by atoms with Gasteiger partial charge in [-0.3, -0.25) is 9.59 Å². The molecule has 0 heterocycles. The number of carbonyl (C=O) groups is 2. The number of rotatable bonds is 7. The summed E-state index contributed by atoms with van der Waals surface area (Å²) in [6.45, 7) is 7.32. The predicted molar refractivity (Wildman–Crippen MR) is 88.3 cm³/mol. The van der Waals surface area contributed by atoms with Crippen LogP contribution in [0.4, 0.5) is 0 Å². The number of hydrogen-bond acceptors (Lipinski definition) is 5. The van der Waals surface area contributed by atoms with Crippen LogP contribution >= 0.6 is 0 Å². The average molecular weight is 320 g/mol. The predicted octanol–water partition coefficient (Wildman–Crippen LogP) is 3.47. The van der Waals surface area contributed by atoms with Gasteiger partial charge in [0.05, 0.1) is 18.9 Å². The zero-order chi connectivity index (χ0) is 17.4. The van der Waals surface area contributed by atoms with Crippen LogP contribution in [0.15, 0.2) is 24.3 Å². The van der Waals surface area contributed by atoms with Gasteiger partial charge in [-0.2, -0.15) is 0 Å². The fraction of sp³-hybridized carbons (Fsp3) is 0.444. The van der Waals surface area contributed by atoms with Crippen molar-refractivity contribution in [2.24, 2.45) is 11.8 Å². The van der Waals surface area contributed by atoms with Crippen LogP contribution in [0.3, 0.4) is 0 Å². The van der Waals surface area contributed by atoms with Crippen molar-refractivity contribution >= 4 is 18.0 Å². The van der Waals surface area contributed by atoms with E-state index in [2.05, 4.69) is 0 Å². The first kappa shape index (κ1) is 18.7. The van der Waals surface area contributed by atoms with E-state index in [1.54, 1.807) is 52.0 Å². The van der Waals surface area contributed by atoms with E-state index in [-0.39, 0.29) is 30.4 Å². The van der Waals surface area contributed by atoms with E-state index in [0.29, 0.717) is 11.5 Å².